The molecule has 0 aliphatic heterocycles. The maximum atomic E-state index is 10.2. The van der Waals surface area contributed by atoms with E-state index in [0.717, 1.165) is 0 Å². The van der Waals surface area contributed by atoms with Gasteiger partial charge in [-0.05, 0) is 0 Å². The van der Waals surface area contributed by atoms with Crippen LogP contribution in [0.5, 0.6) is 0 Å². The van der Waals surface area contributed by atoms with Crippen LogP contribution in [0.3, 0.4) is 0 Å². The van der Waals surface area contributed by atoms with E-state index in [9.17, 15) is 14.2 Å². The molecule has 0 aliphatic rings. The number of rotatable bonds is 5. The first-order valence-corrected chi connectivity index (χ1v) is 4.44. The smallest absolute Gasteiger partial charge is 0.470 e. The van der Waals surface area contributed by atoms with Gasteiger partial charge in [0.1, 0.15) is 0 Å². The van der Waals surface area contributed by atoms with Gasteiger partial charge in [-0.3, -0.25) is 9.32 Å². The zero-order chi connectivity index (χ0) is 10.6. The highest BCUT2D eigenvalue weighted by atomic mass is 31.2. The van der Waals surface area contributed by atoms with E-state index in [2.05, 4.69) is 4.52 Å². The van der Waals surface area contributed by atoms with Gasteiger partial charge in [-0.15, -0.1) is 0 Å². The van der Waals surface area contributed by atoms with Crippen molar-refractivity contribution >= 4 is 19.8 Å². The molecule has 4 N–H and O–H groups in total. The molecule has 1 unspecified atom stereocenters. The van der Waals surface area contributed by atoms with E-state index in [1.165, 1.54) is 0 Å². The van der Waals surface area contributed by atoms with E-state index < -0.39 is 32.3 Å². The second-order valence-electron chi connectivity index (χ2n) is 2.02. The van der Waals surface area contributed by atoms with Gasteiger partial charge >= 0.3 is 19.8 Å². The summed E-state index contributed by atoms with van der Waals surface area (Å²) in [5, 5.41) is 16.4. The van der Waals surface area contributed by atoms with Crippen LogP contribution in [0, 0.1) is 0 Å². The Kier molecular flexibility index (Phi) is 4.02. The fraction of sp³-hybridized carbons (Fsp3) is 0.500. The summed E-state index contributed by atoms with van der Waals surface area (Å²) in [4.78, 5) is 36.5. The second kappa shape index (κ2) is 4.33. The van der Waals surface area contributed by atoms with Gasteiger partial charge in [0.2, 0.25) is 0 Å². The number of carboxylic acid groups (broad SMARTS) is 2. The van der Waals surface area contributed by atoms with E-state index in [-0.39, 0.29) is 0 Å². The predicted molar refractivity (Wildman–Crippen MR) is 36.8 cm³/mol. The maximum Gasteiger partial charge on any atom is 0.470 e. The molecule has 76 valence electrons. The van der Waals surface area contributed by atoms with Crippen molar-refractivity contribution in [2.45, 2.75) is 12.5 Å². The minimum Gasteiger partial charge on any atom is -0.481 e. The summed E-state index contributed by atoms with van der Waals surface area (Å²) in [6, 6.07) is 0. The van der Waals surface area contributed by atoms with Gasteiger partial charge in [-0.2, -0.15) is 0 Å². The zero-order valence-corrected chi connectivity index (χ0v) is 7.05. The molecule has 0 saturated heterocycles. The van der Waals surface area contributed by atoms with Crippen LogP contribution in [-0.4, -0.2) is 38.0 Å². The minimum absolute atomic E-state index is 1.01. The third kappa shape index (κ3) is 6.23. The standard InChI is InChI=1S/C4H7O8P/c5-3(6)1-2(4(7)8)12-13(9,10)11/h2H,1H2,(H,5,6)(H,7,8)(H2,9,10,11). The molecule has 0 amide bonds. The second-order valence-corrected chi connectivity index (χ2v) is 3.21. The molecular weight excluding hydrogens is 207 g/mol. The molecule has 0 aromatic carbocycles. The quantitative estimate of drug-likeness (QED) is 0.428. The Morgan fingerprint density at radius 2 is 1.77 bits per heavy atom. The van der Waals surface area contributed by atoms with E-state index in [1.807, 2.05) is 0 Å². The van der Waals surface area contributed by atoms with Gasteiger partial charge < -0.3 is 20.0 Å². The van der Waals surface area contributed by atoms with Crippen LogP contribution in [0.2, 0.25) is 0 Å². The first kappa shape index (κ1) is 12.0. The molecule has 9 heteroatoms. The fourth-order valence-corrected chi connectivity index (χ4v) is 0.990. The van der Waals surface area contributed by atoms with E-state index in [0.29, 0.717) is 0 Å². The van der Waals surface area contributed by atoms with E-state index in [1.54, 1.807) is 0 Å². The highest BCUT2D eigenvalue weighted by Gasteiger charge is 2.29. The summed E-state index contributed by atoms with van der Waals surface area (Å²) in [5.41, 5.74) is 0. The first-order valence-electron chi connectivity index (χ1n) is 2.91. The molecule has 13 heavy (non-hydrogen) atoms. The summed E-state index contributed by atoms with van der Waals surface area (Å²) in [6.07, 6.45) is -3.06. The Labute approximate surface area is 72.0 Å². The molecule has 0 fully saturated rings. The molecule has 0 aliphatic carbocycles. The normalized spacial score (nSPS) is 13.7. The number of carboxylic acids is 2. The first-order chi connectivity index (χ1) is 5.72. The molecule has 0 aromatic heterocycles. The third-order valence-electron chi connectivity index (χ3n) is 0.900. The molecule has 8 nitrogen and oxygen atoms in total. The Balaban J connectivity index is 4.36. The van der Waals surface area contributed by atoms with Crippen molar-refractivity contribution < 1.29 is 38.7 Å². The van der Waals surface area contributed by atoms with Gasteiger partial charge in [0, 0.05) is 0 Å². The molecular formula is C4H7O8P. The average Bonchev–Trinajstić information content (AvgIpc) is 1.81. The van der Waals surface area contributed by atoms with Crippen LogP contribution in [-0.2, 0) is 18.7 Å². The molecule has 0 heterocycles. The lowest BCUT2D eigenvalue weighted by Crippen LogP contribution is -2.25. The van der Waals surface area contributed by atoms with Gasteiger partial charge in [-0.1, -0.05) is 0 Å². The number of phosphoric ester groups is 1. The molecule has 1 atom stereocenters. The van der Waals surface area contributed by atoms with Crippen molar-refractivity contribution in [3.8, 4) is 0 Å². The lowest BCUT2D eigenvalue weighted by Gasteiger charge is -2.11. The van der Waals surface area contributed by atoms with E-state index in [4.69, 9.17) is 20.0 Å². The zero-order valence-electron chi connectivity index (χ0n) is 6.15. The highest BCUT2D eigenvalue weighted by molar-refractivity contribution is 7.46. The summed E-state index contributed by atoms with van der Waals surface area (Å²) < 4.78 is 13.8. The number of phosphoric acid groups is 1. The van der Waals surface area contributed by atoms with Crippen molar-refractivity contribution in [2.24, 2.45) is 0 Å². The highest BCUT2D eigenvalue weighted by Crippen LogP contribution is 2.38. The number of hydrogen-bond donors (Lipinski definition) is 4. The van der Waals surface area contributed by atoms with Crippen molar-refractivity contribution in [1.29, 1.82) is 0 Å². The number of carbonyl (C=O) groups is 2. The number of hydrogen-bond acceptors (Lipinski definition) is 4. The summed E-state index contributed by atoms with van der Waals surface area (Å²) in [6.45, 7) is 0. The van der Waals surface area contributed by atoms with Crippen molar-refractivity contribution in [1.82, 2.24) is 0 Å². The lowest BCUT2D eigenvalue weighted by molar-refractivity contribution is -0.152. The fourth-order valence-electron chi connectivity index (χ4n) is 0.494. The van der Waals surface area contributed by atoms with Crippen LogP contribution in [0.15, 0.2) is 0 Å². The van der Waals surface area contributed by atoms with Crippen molar-refractivity contribution in [3.63, 3.8) is 0 Å². The Morgan fingerprint density at radius 1 is 1.31 bits per heavy atom. The summed E-state index contributed by atoms with van der Waals surface area (Å²) in [7, 11) is -4.98. The minimum atomic E-state index is -4.98. The van der Waals surface area contributed by atoms with Gasteiger partial charge in [0.05, 0.1) is 6.42 Å². The Bertz CT molecular complexity index is 253. The monoisotopic (exact) mass is 214 g/mol. The maximum absolute atomic E-state index is 10.2. The van der Waals surface area contributed by atoms with Crippen molar-refractivity contribution in [3.05, 3.63) is 0 Å². The third-order valence-corrected chi connectivity index (χ3v) is 1.43. The average molecular weight is 214 g/mol. The largest absolute Gasteiger partial charge is 0.481 e. The van der Waals surface area contributed by atoms with Crippen LogP contribution in [0.1, 0.15) is 6.42 Å². The van der Waals surface area contributed by atoms with Crippen LogP contribution in [0.4, 0.5) is 0 Å². The van der Waals surface area contributed by atoms with Gasteiger partial charge in [0.25, 0.3) is 0 Å². The lowest BCUT2D eigenvalue weighted by atomic mass is 10.3. The van der Waals surface area contributed by atoms with Crippen LogP contribution in [0.25, 0.3) is 0 Å². The molecule has 0 aromatic rings. The van der Waals surface area contributed by atoms with Gasteiger partial charge in [0.15, 0.2) is 6.10 Å². The topological polar surface area (TPSA) is 141 Å². The summed E-state index contributed by atoms with van der Waals surface area (Å²) in [5.74, 6) is -3.27. The SMILES string of the molecule is O=C(O)CC(OP(=O)(O)O)C(=O)O. The van der Waals surface area contributed by atoms with Gasteiger partial charge in [-0.25, -0.2) is 9.36 Å². The predicted octanol–water partition coefficient (Wildman–Crippen LogP) is -0.976. The van der Waals surface area contributed by atoms with E-state index >= 15 is 0 Å². The molecule has 0 bridgehead atoms. The number of aliphatic carboxylic acids is 2. The van der Waals surface area contributed by atoms with Crippen LogP contribution >= 0.6 is 7.82 Å². The van der Waals surface area contributed by atoms with Crippen LogP contribution < -0.4 is 0 Å². The van der Waals surface area contributed by atoms with Crippen molar-refractivity contribution in [2.75, 3.05) is 0 Å². The Hall–Kier alpha value is -0.950. The molecule has 0 saturated carbocycles. The summed E-state index contributed by atoms with van der Waals surface area (Å²) >= 11 is 0. The molecule has 0 spiro atoms. The Morgan fingerprint density at radius 3 is 2.00 bits per heavy atom. The molecule has 0 rings (SSSR count). The molecule has 0 radical (unpaired) electrons.